The first-order valence-electron chi connectivity index (χ1n) is 6.16. The zero-order valence-corrected chi connectivity index (χ0v) is 12.1. The molecular weight excluding hydrogens is 283 g/mol. The molecule has 0 unspecified atom stereocenters. The average molecular weight is 297 g/mol. The Morgan fingerprint density at radius 3 is 2.79 bits per heavy atom. The Balaban J connectivity index is 2.46. The number of hydrogen-bond donors (Lipinski definition) is 0. The molecular formula is C14H14Cl2N2O. The van der Waals surface area contributed by atoms with E-state index in [0.717, 1.165) is 36.9 Å². The van der Waals surface area contributed by atoms with Crippen LogP contribution in [0.25, 0.3) is 5.69 Å². The standard InChI is InChI=1S/C14H14Cl2N2O/c1-2-3-7-13-12(9-19)14(16)18(17-13)11-6-4-5-10(15)8-11/h4-6,8-9H,2-3,7H2,1H3. The van der Waals surface area contributed by atoms with Crippen LogP contribution in [0.15, 0.2) is 24.3 Å². The van der Waals surface area contributed by atoms with E-state index in [1.165, 1.54) is 0 Å². The summed E-state index contributed by atoms with van der Waals surface area (Å²) in [6.45, 7) is 2.09. The first-order chi connectivity index (χ1) is 9.17. The number of hydrogen-bond acceptors (Lipinski definition) is 2. The number of aromatic nitrogens is 2. The van der Waals surface area contributed by atoms with Gasteiger partial charge >= 0.3 is 0 Å². The second-order valence-electron chi connectivity index (χ2n) is 4.26. The van der Waals surface area contributed by atoms with E-state index in [0.29, 0.717) is 15.7 Å². The second kappa shape index (κ2) is 6.22. The van der Waals surface area contributed by atoms with Gasteiger partial charge in [-0.2, -0.15) is 5.10 Å². The molecule has 0 bridgehead atoms. The van der Waals surface area contributed by atoms with Crippen LogP contribution in [0, 0.1) is 0 Å². The van der Waals surface area contributed by atoms with Gasteiger partial charge in [-0.25, -0.2) is 4.68 Å². The zero-order valence-electron chi connectivity index (χ0n) is 10.6. The van der Waals surface area contributed by atoms with Gasteiger partial charge in [0.05, 0.1) is 16.9 Å². The molecule has 0 saturated carbocycles. The van der Waals surface area contributed by atoms with Gasteiger partial charge in [0.1, 0.15) is 5.15 Å². The highest BCUT2D eigenvalue weighted by atomic mass is 35.5. The van der Waals surface area contributed by atoms with Gasteiger partial charge in [0, 0.05) is 5.02 Å². The van der Waals surface area contributed by atoms with Crippen LogP contribution in [0.3, 0.4) is 0 Å². The number of rotatable bonds is 5. The lowest BCUT2D eigenvalue weighted by atomic mass is 10.1. The minimum atomic E-state index is 0.336. The van der Waals surface area contributed by atoms with Crippen molar-refractivity contribution in [3.8, 4) is 5.69 Å². The normalized spacial score (nSPS) is 10.7. The van der Waals surface area contributed by atoms with Crippen LogP contribution in [0.4, 0.5) is 0 Å². The monoisotopic (exact) mass is 296 g/mol. The predicted molar refractivity (Wildman–Crippen MR) is 77.6 cm³/mol. The van der Waals surface area contributed by atoms with Crippen molar-refractivity contribution in [2.45, 2.75) is 26.2 Å². The summed E-state index contributed by atoms with van der Waals surface area (Å²) in [7, 11) is 0. The molecule has 0 amide bonds. The fourth-order valence-corrected chi connectivity index (χ4v) is 2.35. The molecule has 0 aliphatic carbocycles. The van der Waals surface area contributed by atoms with Crippen molar-refractivity contribution in [1.29, 1.82) is 0 Å². The second-order valence-corrected chi connectivity index (χ2v) is 5.06. The lowest BCUT2D eigenvalue weighted by Crippen LogP contribution is -1.97. The third-order valence-corrected chi connectivity index (χ3v) is 3.48. The topological polar surface area (TPSA) is 34.9 Å². The average Bonchev–Trinajstić information content (AvgIpc) is 2.72. The molecule has 0 radical (unpaired) electrons. The Kier molecular flexibility index (Phi) is 4.61. The summed E-state index contributed by atoms with van der Waals surface area (Å²) in [6, 6.07) is 7.21. The summed E-state index contributed by atoms with van der Waals surface area (Å²) in [6.07, 6.45) is 3.53. The molecule has 1 aromatic carbocycles. The quantitative estimate of drug-likeness (QED) is 0.770. The number of halogens is 2. The third kappa shape index (κ3) is 2.99. The van der Waals surface area contributed by atoms with Crippen molar-refractivity contribution < 1.29 is 4.79 Å². The third-order valence-electron chi connectivity index (χ3n) is 2.88. The lowest BCUT2D eigenvalue weighted by molar-refractivity contribution is 0.112. The first-order valence-corrected chi connectivity index (χ1v) is 6.91. The zero-order chi connectivity index (χ0) is 13.8. The number of aryl methyl sites for hydroxylation is 1. The van der Waals surface area contributed by atoms with E-state index in [2.05, 4.69) is 12.0 Å². The molecule has 2 aromatic rings. The van der Waals surface area contributed by atoms with E-state index in [4.69, 9.17) is 23.2 Å². The van der Waals surface area contributed by atoms with E-state index >= 15 is 0 Å². The molecule has 1 aromatic heterocycles. The summed E-state index contributed by atoms with van der Waals surface area (Å²) >= 11 is 12.2. The highest BCUT2D eigenvalue weighted by molar-refractivity contribution is 6.32. The van der Waals surface area contributed by atoms with E-state index in [9.17, 15) is 4.79 Å². The van der Waals surface area contributed by atoms with Gasteiger partial charge in [0.2, 0.25) is 0 Å². The fraction of sp³-hybridized carbons (Fsp3) is 0.286. The van der Waals surface area contributed by atoms with E-state index in [1.54, 1.807) is 16.8 Å². The van der Waals surface area contributed by atoms with Gasteiger partial charge in [0.15, 0.2) is 6.29 Å². The SMILES string of the molecule is CCCCc1nn(-c2cccc(Cl)c2)c(Cl)c1C=O. The van der Waals surface area contributed by atoms with Gasteiger partial charge in [-0.1, -0.05) is 42.6 Å². The minimum Gasteiger partial charge on any atom is -0.298 e. The van der Waals surface area contributed by atoms with Gasteiger partial charge < -0.3 is 0 Å². The molecule has 0 atom stereocenters. The molecule has 2 rings (SSSR count). The van der Waals surface area contributed by atoms with Crippen LogP contribution in [0.5, 0.6) is 0 Å². The number of benzene rings is 1. The molecule has 1 heterocycles. The highest BCUT2D eigenvalue weighted by Gasteiger charge is 2.16. The minimum absolute atomic E-state index is 0.336. The molecule has 3 nitrogen and oxygen atoms in total. The Morgan fingerprint density at radius 2 is 2.16 bits per heavy atom. The molecule has 5 heteroatoms. The van der Waals surface area contributed by atoms with Crippen LogP contribution in [-0.2, 0) is 6.42 Å². The number of carbonyl (C=O) groups is 1. The summed E-state index contributed by atoms with van der Waals surface area (Å²) < 4.78 is 1.56. The Hall–Kier alpha value is -1.32. The molecule has 0 spiro atoms. The van der Waals surface area contributed by atoms with Crippen molar-refractivity contribution in [2.75, 3.05) is 0 Å². The molecule has 100 valence electrons. The van der Waals surface area contributed by atoms with Crippen molar-refractivity contribution >= 4 is 29.5 Å². The van der Waals surface area contributed by atoms with Crippen molar-refractivity contribution in [3.05, 3.63) is 45.7 Å². The predicted octanol–water partition coefficient (Wildman–Crippen LogP) is 4.33. The first kappa shape index (κ1) is 14.1. The largest absolute Gasteiger partial charge is 0.298 e. The summed E-state index contributed by atoms with van der Waals surface area (Å²) in [5.74, 6) is 0. The van der Waals surface area contributed by atoms with Crippen LogP contribution in [0.1, 0.15) is 35.8 Å². The molecule has 0 aliphatic rings. The maximum atomic E-state index is 11.2. The number of carbonyl (C=O) groups excluding carboxylic acids is 1. The van der Waals surface area contributed by atoms with Gasteiger partial charge in [-0.15, -0.1) is 0 Å². The fourth-order valence-electron chi connectivity index (χ4n) is 1.88. The Labute approximate surface area is 122 Å². The van der Waals surface area contributed by atoms with Gasteiger partial charge in [0.25, 0.3) is 0 Å². The Morgan fingerprint density at radius 1 is 1.37 bits per heavy atom. The van der Waals surface area contributed by atoms with E-state index in [1.807, 2.05) is 12.1 Å². The van der Waals surface area contributed by atoms with Crippen LogP contribution >= 0.6 is 23.2 Å². The van der Waals surface area contributed by atoms with Crippen molar-refractivity contribution in [1.82, 2.24) is 9.78 Å². The number of aldehydes is 1. The lowest BCUT2D eigenvalue weighted by Gasteiger charge is -2.03. The number of unbranched alkanes of at least 4 members (excludes halogenated alkanes) is 1. The summed E-state index contributed by atoms with van der Waals surface area (Å²) in [5, 5.41) is 5.36. The molecule has 0 aliphatic heterocycles. The molecule has 19 heavy (non-hydrogen) atoms. The number of nitrogens with zero attached hydrogens (tertiary/aromatic N) is 2. The van der Waals surface area contributed by atoms with E-state index in [-0.39, 0.29) is 0 Å². The van der Waals surface area contributed by atoms with Crippen molar-refractivity contribution in [2.24, 2.45) is 0 Å². The smallest absolute Gasteiger partial charge is 0.155 e. The maximum absolute atomic E-state index is 11.2. The van der Waals surface area contributed by atoms with Crippen LogP contribution < -0.4 is 0 Å². The summed E-state index contributed by atoms with van der Waals surface area (Å²) in [4.78, 5) is 11.2. The van der Waals surface area contributed by atoms with Crippen LogP contribution in [0.2, 0.25) is 10.2 Å². The highest BCUT2D eigenvalue weighted by Crippen LogP contribution is 2.24. The Bertz CT molecular complexity index is 593. The molecule has 0 N–H and O–H groups in total. The van der Waals surface area contributed by atoms with Gasteiger partial charge in [-0.05, 0) is 31.0 Å². The van der Waals surface area contributed by atoms with Crippen LogP contribution in [-0.4, -0.2) is 16.1 Å². The summed E-state index contributed by atoms with van der Waals surface area (Å²) in [5.41, 5.74) is 1.96. The van der Waals surface area contributed by atoms with Gasteiger partial charge in [-0.3, -0.25) is 4.79 Å². The molecule has 0 fully saturated rings. The van der Waals surface area contributed by atoms with Crippen molar-refractivity contribution in [3.63, 3.8) is 0 Å². The maximum Gasteiger partial charge on any atom is 0.155 e. The van der Waals surface area contributed by atoms with E-state index < -0.39 is 0 Å². The molecule has 0 saturated heterocycles.